The number of ketones is 1. The molecule has 3 aromatic rings. The molecule has 5 unspecified atom stereocenters. The maximum absolute atomic E-state index is 12.7. The van der Waals surface area contributed by atoms with E-state index in [1.165, 1.54) is 42.5 Å². The van der Waals surface area contributed by atoms with Crippen LogP contribution in [0.4, 0.5) is 0 Å². The molecule has 0 amide bonds. The van der Waals surface area contributed by atoms with E-state index < -0.39 is 78.0 Å². The summed E-state index contributed by atoms with van der Waals surface area (Å²) in [4.78, 5) is 36.7. The van der Waals surface area contributed by atoms with Crippen molar-refractivity contribution in [1.29, 1.82) is 0 Å². The second kappa shape index (κ2) is 14.5. The third kappa shape index (κ3) is 8.12. The first-order valence-electron chi connectivity index (χ1n) is 13.6. The summed E-state index contributed by atoms with van der Waals surface area (Å²) >= 11 is 0. The molecule has 5 atom stereocenters. The van der Waals surface area contributed by atoms with Crippen molar-refractivity contribution in [2.75, 3.05) is 6.61 Å². The quantitative estimate of drug-likeness (QED) is 0.0730. The number of phenolic OH excluding ortho intramolecular Hbond substituents is 5. The van der Waals surface area contributed by atoms with E-state index in [2.05, 4.69) is 0 Å². The molecule has 0 spiro atoms. The van der Waals surface area contributed by atoms with Gasteiger partial charge in [-0.15, -0.1) is 0 Å². The fourth-order valence-corrected chi connectivity index (χ4v) is 4.32. The highest BCUT2D eigenvalue weighted by Crippen LogP contribution is 2.40. The molecule has 0 bridgehead atoms. The van der Waals surface area contributed by atoms with Crippen LogP contribution in [0.15, 0.2) is 66.7 Å². The summed E-state index contributed by atoms with van der Waals surface area (Å²) in [6, 6.07) is 12.0. The van der Waals surface area contributed by atoms with Gasteiger partial charge in [-0.2, -0.15) is 0 Å². The number of benzene rings is 3. The topological polar surface area (TPSA) is 230 Å². The van der Waals surface area contributed by atoms with Gasteiger partial charge in [0.05, 0.1) is 5.56 Å². The summed E-state index contributed by atoms with van der Waals surface area (Å²) in [5, 5.41) is 70.8. The van der Waals surface area contributed by atoms with Gasteiger partial charge in [0, 0.05) is 13.0 Å². The Bertz CT molecular complexity index is 1650. The van der Waals surface area contributed by atoms with Gasteiger partial charge in [0.25, 0.3) is 0 Å². The fourth-order valence-electron chi connectivity index (χ4n) is 4.32. The van der Waals surface area contributed by atoms with E-state index in [-0.39, 0.29) is 17.1 Å². The maximum Gasteiger partial charge on any atom is 0.330 e. The lowest BCUT2D eigenvalue weighted by atomic mass is 9.99. The molecule has 1 aliphatic rings. The summed E-state index contributed by atoms with van der Waals surface area (Å²) in [6.45, 7) is 0.481. The minimum absolute atomic E-state index is 0.0397. The number of phenols is 5. The first-order valence-corrected chi connectivity index (χ1v) is 13.6. The van der Waals surface area contributed by atoms with Crippen LogP contribution in [-0.4, -0.2) is 90.8 Å². The average molecular weight is 639 g/mol. The van der Waals surface area contributed by atoms with Crippen molar-refractivity contribution in [2.45, 2.75) is 37.6 Å². The Morgan fingerprint density at radius 2 is 1.48 bits per heavy atom. The van der Waals surface area contributed by atoms with Crippen molar-refractivity contribution >= 4 is 29.9 Å². The summed E-state index contributed by atoms with van der Waals surface area (Å²) in [5.41, 5.74) is 0.599. The first-order chi connectivity index (χ1) is 21.8. The van der Waals surface area contributed by atoms with E-state index in [0.717, 1.165) is 31.2 Å². The van der Waals surface area contributed by atoms with Gasteiger partial charge in [0.1, 0.15) is 30.7 Å². The summed E-state index contributed by atoms with van der Waals surface area (Å²) < 4.78 is 21.4. The van der Waals surface area contributed by atoms with E-state index in [1.807, 2.05) is 0 Å². The number of ether oxygens (including phenoxy) is 4. The summed E-state index contributed by atoms with van der Waals surface area (Å²) in [7, 11) is 0. The zero-order valence-corrected chi connectivity index (χ0v) is 24.1. The molecular weight excluding hydrogens is 608 g/mol. The number of carbonyl (C=O) groups is 3. The van der Waals surface area contributed by atoms with Crippen molar-refractivity contribution in [2.24, 2.45) is 0 Å². The molecule has 0 radical (unpaired) electrons. The monoisotopic (exact) mass is 638 g/mol. The molecular formula is C32H30O14. The van der Waals surface area contributed by atoms with Crippen LogP contribution in [0.3, 0.4) is 0 Å². The Kier molecular flexibility index (Phi) is 10.5. The van der Waals surface area contributed by atoms with Crippen molar-refractivity contribution < 1.29 is 69.1 Å². The Morgan fingerprint density at radius 1 is 0.804 bits per heavy atom. The van der Waals surface area contributed by atoms with Crippen molar-refractivity contribution in [3.63, 3.8) is 0 Å². The Labute approximate surface area is 261 Å². The molecule has 3 aromatic carbocycles. The fraction of sp³-hybridized carbons (Fsp3) is 0.219. The number of allylic oxidation sites excluding steroid dienone is 1. The van der Waals surface area contributed by atoms with E-state index in [4.69, 9.17) is 18.9 Å². The summed E-state index contributed by atoms with van der Waals surface area (Å²) in [5.74, 6) is -5.38. The number of esters is 2. The van der Waals surface area contributed by atoms with Gasteiger partial charge in [-0.1, -0.05) is 24.3 Å². The molecule has 242 valence electrons. The predicted molar refractivity (Wildman–Crippen MR) is 158 cm³/mol. The molecule has 1 heterocycles. The lowest BCUT2D eigenvalue weighted by Gasteiger charge is -2.41. The number of hydrogen-bond acceptors (Lipinski definition) is 14. The number of rotatable bonds is 10. The smallest absolute Gasteiger partial charge is 0.330 e. The van der Waals surface area contributed by atoms with Crippen LogP contribution in [0, 0.1) is 0 Å². The highest BCUT2D eigenvalue weighted by Gasteiger charge is 2.48. The van der Waals surface area contributed by atoms with E-state index >= 15 is 0 Å². The predicted octanol–water partition coefficient (Wildman–Crippen LogP) is 2.12. The molecule has 4 rings (SSSR count). The zero-order chi connectivity index (χ0) is 33.5. The Hall–Kier alpha value is -5.57. The molecule has 1 fully saturated rings. The van der Waals surface area contributed by atoms with Crippen LogP contribution in [0.25, 0.3) is 12.2 Å². The average Bonchev–Trinajstić information content (AvgIpc) is 3.02. The number of carbonyl (C=O) groups excluding carboxylic acids is 3. The van der Waals surface area contributed by atoms with Crippen molar-refractivity contribution in [1.82, 2.24) is 0 Å². The molecule has 0 aromatic heterocycles. The number of hydrogen-bond donors (Lipinski definition) is 7. The maximum atomic E-state index is 12.7. The molecule has 7 N–H and O–H groups in total. The van der Waals surface area contributed by atoms with E-state index in [1.54, 1.807) is 12.1 Å². The summed E-state index contributed by atoms with van der Waals surface area (Å²) in [6.07, 6.45) is -3.43. The third-order valence-electron chi connectivity index (χ3n) is 6.69. The Balaban J connectivity index is 1.47. The van der Waals surface area contributed by atoms with Gasteiger partial charge in [0.2, 0.25) is 12.0 Å². The van der Waals surface area contributed by atoms with Crippen LogP contribution < -0.4 is 4.74 Å². The second-order valence-corrected chi connectivity index (χ2v) is 10.0. The normalized spacial score (nSPS) is 21.2. The van der Waals surface area contributed by atoms with Crippen LogP contribution in [-0.2, 0) is 23.8 Å². The largest absolute Gasteiger partial charge is 0.508 e. The van der Waals surface area contributed by atoms with E-state index in [0.29, 0.717) is 11.1 Å². The van der Waals surface area contributed by atoms with Gasteiger partial charge < -0.3 is 54.7 Å². The first kappa shape index (κ1) is 33.3. The molecule has 0 aliphatic carbocycles. The molecule has 14 nitrogen and oxygen atoms in total. The van der Waals surface area contributed by atoms with Crippen molar-refractivity contribution in [3.05, 3.63) is 83.4 Å². The standard InChI is InChI=1S/C32H30O14/c1-16(33)44-31-25(15-43-26(38)13-6-17-2-7-19(34)8-3-17)46-32(30(42)29(31)41)45-24-12-9-20(27(39)28(24)40)21(35)10-4-18-5-11-22(36)23(37)14-18/h2-14,25,29-32,34,36-37,39-42H,15H2,1H3. The second-order valence-electron chi connectivity index (χ2n) is 10.0. The number of aliphatic hydroxyl groups excluding tert-OH is 2. The molecule has 46 heavy (non-hydrogen) atoms. The van der Waals surface area contributed by atoms with Gasteiger partial charge >= 0.3 is 11.9 Å². The van der Waals surface area contributed by atoms with Crippen LogP contribution >= 0.6 is 0 Å². The van der Waals surface area contributed by atoms with E-state index in [9.17, 15) is 50.1 Å². The van der Waals surface area contributed by atoms with Gasteiger partial charge in [-0.3, -0.25) is 9.59 Å². The van der Waals surface area contributed by atoms with Gasteiger partial charge in [-0.25, -0.2) is 4.79 Å². The molecule has 0 saturated carbocycles. The molecule has 14 heteroatoms. The number of aliphatic hydroxyl groups is 2. The zero-order valence-electron chi connectivity index (χ0n) is 24.1. The lowest BCUT2D eigenvalue weighted by molar-refractivity contribution is -0.282. The molecule has 1 saturated heterocycles. The van der Waals surface area contributed by atoms with Crippen molar-refractivity contribution in [3.8, 4) is 34.5 Å². The minimum atomic E-state index is -1.86. The SMILES string of the molecule is CC(=O)OC1C(COC(=O)C=Cc2ccc(O)cc2)OC(Oc2ccc(C(=O)C=Cc3ccc(O)c(O)c3)c(O)c2O)C(O)C1O. The highest BCUT2D eigenvalue weighted by molar-refractivity contribution is 6.09. The van der Waals surface area contributed by atoms with Crippen LogP contribution in [0.2, 0.25) is 0 Å². The van der Waals surface area contributed by atoms with Gasteiger partial charge in [-0.05, 0) is 59.7 Å². The lowest BCUT2D eigenvalue weighted by Crippen LogP contribution is -2.61. The minimum Gasteiger partial charge on any atom is -0.508 e. The highest BCUT2D eigenvalue weighted by atomic mass is 16.7. The van der Waals surface area contributed by atoms with Crippen LogP contribution in [0.5, 0.6) is 34.5 Å². The Morgan fingerprint density at radius 3 is 2.15 bits per heavy atom. The van der Waals surface area contributed by atoms with Crippen LogP contribution in [0.1, 0.15) is 28.4 Å². The third-order valence-corrected chi connectivity index (χ3v) is 6.69. The number of aromatic hydroxyl groups is 5. The molecule has 1 aliphatic heterocycles. The van der Waals surface area contributed by atoms with Gasteiger partial charge in [0.15, 0.2) is 34.9 Å².